The second-order valence-electron chi connectivity index (χ2n) is 3.22. The van der Waals surface area contributed by atoms with E-state index in [0.717, 1.165) is 5.56 Å². The monoisotopic (exact) mass is 201 g/mol. The molecule has 5 heteroatoms. The Morgan fingerprint density at radius 3 is 2.93 bits per heavy atom. The van der Waals surface area contributed by atoms with Gasteiger partial charge in [-0.25, -0.2) is 0 Å². The van der Waals surface area contributed by atoms with Crippen LogP contribution < -0.4 is 5.73 Å². The van der Waals surface area contributed by atoms with Gasteiger partial charge < -0.3 is 5.73 Å². The molecule has 0 unspecified atom stereocenters. The minimum absolute atomic E-state index is 0.0157. The van der Waals surface area contributed by atoms with E-state index < -0.39 is 0 Å². The van der Waals surface area contributed by atoms with Crippen LogP contribution in [0.25, 0.3) is 11.3 Å². The molecule has 0 bridgehead atoms. The van der Waals surface area contributed by atoms with Gasteiger partial charge in [0.25, 0.3) is 0 Å². The number of nitrogens with zero attached hydrogens (tertiary/aromatic N) is 3. The third-order valence-electron chi connectivity index (χ3n) is 2.05. The molecule has 0 saturated carbocycles. The summed E-state index contributed by atoms with van der Waals surface area (Å²) in [5, 5.41) is 11.7. The van der Waals surface area contributed by atoms with E-state index in [1.165, 1.54) is 0 Å². The number of aryl methyl sites for hydroxylation is 1. The first kappa shape index (κ1) is 9.39. The standard InChI is InChI=1S/C10H11N5/c1-15-6-8(10(11)12)9(14-15)7-3-2-4-13-5-7/h2-6H,1H3,(H3,11,12). The van der Waals surface area contributed by atoms with E-state index in [2.05, 4.69) is 10.1 Å². The van der Waals surface area contributed by atoms with E-state index in [-0.39, 0.29) is 5.84 Å². The zero-order chi connectivity index (χ0) is 10.8. The van der Waals surface area contributed by atoms with Gasteiger partial charge in [0.2, 0.25) is 0 Å². The fourth-order valence-corrected chi connectivity index (χ4v) is 1.40. The quantitative estimate of drug-likeness (QED) is 0.556. The van der Waals surface area contributed by atoms with Crippen LogP contribution in [0.3, 0.4) is 0 Å². The van der Waals surface area contributed by atoms with E-state index in [1.54, 1.807) is 30.3 Å². The molecule has 0 saturated heterocycles. The van der Waals surface area contributed by atoms with Crippen molar-refractivity contribution in [3.63, 3.8) is 0 Å². The smallest absolute Gasteiger partial charge is 0.126 e. The number of rotatable bonds is 2. The Labute approximate surface area is 87.1 Å². The second-order valence-corrected chi connectivity index (χ2v) is 3.22. The molecular formula is C10H11N5. The van der Waals surface area contributed by atoms with Crippen molar-refractivity contribution in [2.45, 2.75) is 0 Å². The molecular weight excluding hydrogens is 190 g/mol. The van der Waals surface area contributed by atoms with Crippen molar-refractivity contribution in [1.29, 1.82) is 5.41 Å². The highest BCUT2D eigenvalue weighted by Crippen LogP contribution is 2.19. The van der Waals surface area contributed by atoms with Crippen molar-refractivity contribution in [2.24, 2.45) is 12.8 Å². The van der Waals surface area contributed by atoms with Crippen molar-refractivity contribution in [3.8, 4) is 11.3 Å². The molecule has 3 N–H and O–H groups in total. The van der Waals surface area contributed by atoms with Crippen LogP contribution >= 0.6 is 0 Å². The Balaban J connectivity index is 2.58. The molecule has 0 radical (unpaired) electrons. The van der Waals surface area contributed by atoms with Crippen LogP contribution in [0.15, 0.2) is 30.7 Å². The van der Waals surface area contributed by atoms with Gasteiger partial charge in [0, 0.05) is 31.2 Å². The molecule has 0 aliphatic carbocycles. The Morgan fingerprint density at radius 2 is 2.33 bits per heavy atom. The third-order valence-corrected chi connectivity index (χ3v) is 2.05. The van der Waals surface area contributed by atoms with E-state index in [0.29, 0.717) is 11.3 Å². The number of aromatic nitrogens is 3. The van der Waals surface area contributed by atoms with Crippen LogP contribution in [0.5, 0.6) is 0 Å². The first-order valence-corrected chi connectivity index (χ1v) is 4.47. The Kier molecular flexibility index (Phi) is 2.21. The number of nitrogen functional groups attached to an aromatic ring is 1. The Hall–Kier alpha value is -2.17. The molecule has 2 heterocycles. The minimum Gasteiger partial charge on any atom is -0.384 e. The highest BCUT2D eigenvalue weighted by molar-refractivity contribution is 6.00. The first-order valence-electron chi connectivity index (χ1n) is 4.47. The van der Waals surface area contributed by atoms with Gasteiger partial charge in [-0.2, -0.15) is 5.10 Å². The molecule has 2 aromatic heterocycles. The lowest BCUT2D eigenvalue weighted by Gasteiger charge is -1.98. The summed E-state index contributed by atoms with van der Waals surface area (Å²) in [5.74, 6) is 0.0157. The van der Waals surface area contributed by atoms with E-state index >= 15 is 0 Å². The maximum Gasteiger partial charge on any atom is 0.126 e. The summed E-state index contributed by atoms with van der Waals surface area (Å²) < 4.78 is 1.64. The molecule has 76 valence electrons. The summed E-state index contributed by atoms with van der Waals surface area (Å²) in [5.41, 5.74) is 7.66. The summed E-state index contributed by atoms with van der Waals surface area (Å²) in [4.78, 5) is 4.01. The summed E-state index contributed by atoms with van der Waals surface area (Å²) in [6.07, 6.45) is 5.12. The van der Waals surface area contributed by atoms with Crippen LogP contribution in [0, 0.1) is 5.41 Å². The van der Waals surface area contributed by atoms with Gasteiger partial charge in [0.15, 0.2) is 0 Å². The van der Waals surface area contributed by atoms with Crippen molar-refractivity contribution in [3.05, 3.63) is 36.3 Å². The highest BCUT2D eigenvalue weighted by atomic mass is 15.3. The van der Waals surface area contributed by atoms with Gasteiger partial charge in [-0.05, 0) is 12.1 Å². The summed E-state index contributed by atoms with van der Waals surface area (Å²) >= 11 is 0. The van der Waals surface area contributed by atoms with Gasteiger partial charge in [0.05, 0.1) is 5.56 Å². The summed E-state index contributed by atoms with van der Waals surface area (Å²) in [6.45, 7) is 0. The average molecular weight is 201 g/mol. The van der Waals surface area contributed by atoms with Crippen LogP contribution in [-0.2, 0) is 7.05 Å². The van der Waals surface area contributed by atoms with Gasteiger partial charge in [-0.1, -0.05) is 0 Å². The number of nitrogens with one attached hydrogen (secondary N) is 1. The molecule has 0 spiro atoms. The molecule has 2 rings (SSSR count). The zero-order valence-electron chi connectivity index (χ0n) is 8.31. The lowest BCUT2D eigenvalue weighted by atomic mass is 10.1. The molecule has 2 aromatic rings. The SMILES string of the molecule is Cn1cc(C(=N)N)c(-c2cccnc2)n1. The van der Waals surface area contributed by atoms with E-state index in [4.69, 9.17) is 11.1 Å². The van der Waals surface area contributed by atoms with Crippen molar-refractivity contribution < 1.29 is 0 Å². The molecule has 0 atom stereocenters. The summed E-state index contributed by atoms with van der Waals surface area (Å²) in [6, 6.07) is 3.72. The number of hydrogen-bond donors (Lipinski definition) is 2. The molecule has 0 aromatic carbocycles. The molecule has 0 aliphatic heterocycles. The largest absolute Gasteiger partial charge is 0.384 e. The predicted molar refractivity (Wildman–Crippen MR) is 57.5 cm³/mol. The molecule has 0 fully saturated rings. The van der Waals surface area contributed by atoms with Gasteiger partial charge in [-0.3, -0.25) is 15.1 Å². The topological polar surface area (TPSA) is 80.6 Å². The second kappa shape index (κ2) is 3.53. The fraction of sp³-hybridized carbons (Fsp3) is 0.100. The Morgan fingerprint density at radius 1 is 1.53 bits per heavy atom. The first-order chi connectivity index (χ1) is 7.18. The van der Waals surface area contributed by atoms with Crippen LogP contribution in [0.1, 0.15) is 5.56 Å². The van der Waals surface area contributed by atoms with Crippen molar-refractivity contribution in [1.82, 2.24) is 14.8 Å². The molecule has 15 heavy (non-hydrogen) atoms. The average Bonchev–Trinajstić information content (AvgIpc) is 2.62. The molecule has 0 aliphatic rings. The van der Waals surface area contributed by atoms with Crippen LogP contribution in [-0.4, -0.2) is 20.6 Å². The molecule has 0 amide bonds. The van der Waals surface area contributed by atoms with Crippen molar-refractivity contribution >= 4 is 5.84 Å². The lowest BCUT2D eigenvalue weighted by Crippen LogP contribution is -2.11. The van der Waals surface area contributed by atoms with E-state index in [9.17, 15) is 0 Å². The van der Waals surface area contributed by atoms with Crippen LogP contribution in [0.2, 0.25) is 0 Å². The number of pyridine rings is 1. The van der Waals surface area contributed by atoms with Gasteiger partial charge in [-0.15, -0.1) is 0 Å². The maximum absolute atomic E-state index is 7.44. The summed E-state index contributed by atoms with van der Waals surface area (Å²) in [7, 11) is 1.80. The van der Waals surface area contributed by atoms with E-state index in [1.807, 2.05) is 12.1 Å². The number of amidine groups is 1. The molecule has 5 nitrogen and oxygen atoms in total. The van der Waals surface area contributed by atoms with Gasteiger partial charge >= 0.3 is 0 Å². The normalized spacial score (nSPS) is 10.2. The zero-order valence-corrected chi connectivity index (χ0v) is 8.31. The van der Waals surface area contributed by atoms with Gasteiger partial charge in [0.1, 0.15) is 11.5 Å². The predicted octanol–water partition coefficient (Wildman–Crippen LogP) is 0.766. The van der Waals surface area contributed by atoms with Crippen LogP contribution in [0.4, 0.5) is 0 Å². The number of nitrogens with two attached hydrogens (primary N) is 1. The van der Waals surface area contributed by atoms with Crippen molar-refractivity contribution in [2.75, 3.05) is 0 Å². The minimum atomic E-state index is 0.0157. The maximum atomic E-state index is 7.44. The lowest BCUT2D eigenvalue weighted by molar-refractivity contribution is 0.770. The third kappa shape index (κ3) is 1.71. The highest BCUT2D eigenvalue weighted by Gasteiger charge is 2.11. The fourth-order valence-electron chi connectivity index (χ4n) is 1.40. The number of hydrogen-bond acceptors (Lipinski definition) is 3. The Bertz CT molecular complexity index is 486.